The van der Waals surface area contributed by atoms with Gasteiger partial charge < -0.3 is 0 Å². The zero-order valence-corrected chi connectivity index (χ0v) is 5.52. The Morgan fingerprint density at radius 1 is 1.40 bits per heavy atom. The zero-order valence-electron chi connectivity index (χ0n) is 2.39. The van der Waals surface area contributed by atoms with Gasteiger partial charge in [0.05, 0.1) is 0 Å². The van der Waals surface area contributed by atoms with Gasteiger partial charge in [0.1, 0.15) is 0 Å². The molecule has 0 saturated heterocycles. The monoisotopic (exact) mass is 139 g/mol. The molecule has 0 aliphatic carbocycles. The first-order valence-electron chi connectivity index (χ1n) is 0.697. The van der Waals surface area contributed by atoms with Gasteiger partial charge in [-0.15, -0.1) is 0 Å². The van der Waals surface area contributed by atoms with E-state index in [1.54, 1.807) is 0 Å². The molecular formula is BO2Ti2. The van der Waals surface area contributed by atoms with E-state index < -0.39 is 19.1 Å². The van der Waals surface area contributed by atoms with Crippen molar-refractivity contribution in [2.24, 2.45) is 0 Å². The maximum atomic E-state index is 8.50. The van der Waals surface area contributed by atoms with Crippen LogP contribution in [0.2, 0.25) is 0 Å². The summed E-state index contributed by atoms with van der Waals surface area (Å²) in [6, 6.07) is 0. The molecule has 23 valence electrons. The second kappa shape index (κ2) is 19.5. The molecule has 2 nitrogen and oxygen atoms in total. The summed E-state index contributed by atoms with van der Waals surface area (Å²) in [5.74, 6) is 0. The molecule has 0 aromatic rings. The number of rotatable bonds is 0. The molecule has 0 bridgehead atoms. The van der Waals surface area contributed by atoms with Crippen LogP contribution in [-0.2, 0) is 45.3 Å². The Bertz CT molecular complexity index is 49.9. The molecule has 0 heterocycles. The fraction of sp³-hybridized carbons (Fsp3) is 0. The summed E-state index contributed by atoms with van der Waals surface area (Å²) in [4.78, 5) is 0. The van der Waals surface area contributed by atoms with Crippen molar-refractivity contribution in [1.82, 2.24) is 0 Å². The van der Waals surface area contributed by atoms with E-state index in [1.807, 2.05) is 0 Å². The van der Waals surface area contributed by atoms with Crippen molar-refractivity contribution in [1.29, 1.82) is 0 Å². The molecule has 5 heavy (non-hydrogen) atoms. The Labute approximate surface area is 50.5 Å². The van der Waals surface area contributed by atoms with Crippen LogP contribution in [0.5, 0.6) is 0 Å². The molecule has 0 atom stereocenters. The van der Waals surface area contributed by atoms with E-state index in [1.165, 1.54) is 19.5 Å². The van der Waals surface area contributed by atoms with Gasteiger partial charge in [-0.1, -0.05) is 0 Å². The summed E-state index contributed by atoms with van der Waals surface area (Å²) < 4.78 is 17.0. The van der Waals surface area contributed by atoms with Gasteiger partial charge in [-0.25, -0.2) is 0 Å². The van der Waals surface area contributed by atoms with Crippen LogP contribution in [0.15, 0.2) is 0 Å². The number of hydrogen-bond acceptors (Lipinski definition) is 2. The quantitative estimate of drug-likeness (QED) is 0.418. The minimum absolute atomic E-state index is 1.50. The van der Waals surface area contributed by atoms with Crippen LogP contribution >= 0.6 is 0 Å². The first kappa shape index (κ1) is 9.43. The van der Waals surface area contributed by atoms with Gasteiger partial charge in [0, 0.05) is 0 Å². The van der Waals surface area contributed by atoms with Crippen molar-refractivity contribution in [2.45, 2.75) is 0 Å². The molecule has 0 unspecified atom stereocenters. The minimum atomic E-state index is -2.00. The Morgan fingerprint density at radius 3 is 1.40 bits per heavy atom. The molecule has 0 fully saturated rings. The average molecular weight is 139 g/mol. The van der Waals surface area contributed by atoms with Crippen molar-refractivity contribution in [3.05, 3.63) is 0 Å². The van der Waals surface area contributed by atoms with E-state index in [-0.39, 0.29) is 0 Å². The molecule has 0 aromatic carbocycles. The third-order valence-electron chi connectivity index (χ3n) is 0. The molecule has 0 amide bonds. The van der Waals surface area contributed by atoms with Crippen molar-refractivity contribution in [2.75, 3.05) is 0 Å². The Morgan fingerprint density at radius 2 is 1.40 bits per heavy atom. The fourth-order valence-electron chi connectivity index (χ4n) is 0. The second-order valence-corrected chi connectivity index (χ2v) is 0.344. The molecule has 0 saturated carbocycles. The summed E-state index contributed by atoms with van der Waals surface area (Å²) in [6.45, 7) is 0. The van der Waals surface area contributed by atoms with Crippen LogP contribution in [-0.4, -0.2) is 5.38 Å². The Balaban J connectivity index is 0. The normalized spacial score (nSPS) is 3.20. The molecule has 0 aromatic heterocycles. The standard InChI is InChI=1S/B.2O.2Ti. The van der Waals surface area contributed by atoms with Crippen LogP contribution in [0, 0.1) is 0 Å². The van der Waals surface area contributed by atoms with E-state index in [2.05, 4.69) is 5.38 Å². The third kappa shape index (κ3) is 40.8. The van der Waals surface area contributed by atoms with Gasteiger partial charge >= 0.3 is 50.7 Å². The molecule has 0 aliphatic rings. The van der Waals surface area contributed by atoms with Crippen molar-refractivity contribution in [3.63, 3.8) is 0 Å². The van der Waals surface area contributed by atoms with Crippen LogP contribution in [0.3, 0.4) is 0 Å². The SMILES string of the molecule is [B]#[Ti].[O]=[Ti]=[O]. The summed E-state index contributed by atoms with van der Waals surface area (Å²) >= 11 is -0.500. The average Bonchev–Trinajstić information content (AvgIpc) is 1.46. The van der Waals surface area contributed by atoms with Crippen LogP contribution in [0.25, 0.3) is 0 Å². The van der Waals surface area contributed by atoms with E-state index >= 15 is 0 Å². The second-order valence-electron chi connectivity index (χ2n) is 0.0833. The Hall–Kier alpha value is 1.09. The van der Waals surface area contributed by atoms with Crippen LogP contribution in [0.4, 0.5) is 0 Å². The third-order valence-corrected chi connectivity index (χ3v) is 0. The summed E-state index contributed by atoms with van der Waals surface area (Å²) in [7, 11) is 0. The first-order valence-corrected chi connectivity index (χ1v) is 2.87. The molecule has 5 heteroatoms. The summed E-state index contributed by atoms with van der Waals surface area (Å²) in [5, 5.41) is 4.50. The topological polar surface area (TPSA) is 34.1 Å². The maximum absolute atomic E-state index is 8.50. The van der Waals surface area contributed by atoms with Crippen molar-refractivity contribution in [3.8, 4) is 0 Å². The first-order chi connectivity index (χ1) is 2.41. The number of hydrogen-bond donors (Lipinski definition) is 0. The van der Waals surface area contributed by atoms with Gasteiger partial charge in [-0.05, 0) is 0 Å². The molecule has 0 radical (unpaired) electrons. The van der Waals surface area contributed by atoms with E-state index in [0.717, 1.165) is 0 Å². The van der Waals surface area contributed by atoms with Gasteiger partial charge in [-0.3, -0.25) is 0 Å². The molecular weight excluding hydrogens is 139 g/mol. The van der Waals surface area contributed by atoms with Crippen LogP contribution < -0.4 is 0 Å². The van der Waals surface area contributed by atoms with Crippen molar-refractivity contribution < 1.29 is 45.3 Å². The van der Waals surface area contributed by atoms with Crippen LogP contribution in [0.1, 0.15) is 0 Å². The predicted molar refractivity (Wildman–Crippen MR) is 7.13 cm³/mol. The molecule has 0 aliphatic heterocycles. The Kier molecular flexibility index (Phi) is 36.7. The van der Waals surface area contributed by atoms with Gasteiger partial charge in [0.15, 0.2) is 0 Å². The van der Waals surface area contributed by atoms with Crippen molar-refractivity contribution >= 4 is 5.38 Å². The van der Waals surface area contributed by atoms with Gasteiger partial charge in [0.2, 0.25) is 0 Å². The molecule has 0 rings (SSSR count). The zero-order chi connectivity index (χ0) is 4.71. The summed E-state index contributed by atoms with van der Waals surface area (Å²) in [5.41, 5.74) is 0. The van der Waals surface area contributed by atoms with Gasteiger partial charge in [0.25, 0.3) is 0 Å². The summed E-state index contributed by atoms with van der Waals surface area (Å²) in [6.07, 6.45) is 0. The fourth-order valence-corrected chi connectivity index (χ4v) is 0. The molecule has 0 N–H and O–H groups in total. The van der Waals surface area contributed by atoms with E-state index in [9.17, 15) is 0 Å². The van der Waals surface area contributed by atoms with E-state index in [0.29, 0.717) is 0 Å². The predicted octanol–water partition coefficient (Wildman–Crippen LogP) is -0.623. The van der Waals surface area contributed by atoms with E-state index in [4.69, 9.17) is 6.65 Å². The molecule has 0 spiro atoms. The van der Waals surface area contributed by atoms with Gasteiger partial charge in [-0.2, -0.15) is 0 Å².